The molecule has 4 heterocycles. The quantitative estimate of drug-likeness (QED) is 0.259. The summed E-state index contributed by atoms with van der Waals surface area (Å²) in [6, 6.07) is 20.9. The van der Waals surface area contributed by atoms with Gasteiger partial charge in [-0.25, -0.2) is 9.67 Å². The van der Waals surface area contributed by atoms with E-state index in [-0.39, 0.29) is 48.8 Å². The van der Waals surface area contributed by atoms with E-state index in [1.807, 2.05) is 24.3 Å². The van der Waals surface area contributed by atoms with Crippen LogP contribution >= 0.6 is 0 Å². The zero-order valence-corrected chi connectivity index (χ0v) is 23.1. The van der Waals surface area contributed by atoms with Crippen LogP contribution in [-0.4, -0.2) is 51.1 Å². The molecule has 230 valence electrons. The highest BCUT2D eigenvalue weighted by molar-refractivity contribution is 5.97. The number of nitrogens with zero attached hydrogens (tertiary/aromatic N) is 4. The number of hydrogen-bond donors (Lipinski definition) is 2. The molecule has 2 aliphatic heterocycles. The van der Waals surface area contributed by atoms with Crippen LogP contribution in [0.3, 0.4) is 0 Å². The van der Waals surface area contributed by atoms with Crippen LogP contribution in [0.5, 0.6) is 0 Å². The fraction of sp³-hybridized carbons (Fsp3) is 0.323. The predicted octanol–water partition coefficient (Wildman–Crippen LogP) is 6.28. The lowest BCUT2D eigenvalue weighted by atomic mass is 9.82. The predicted molar refractivity (Wildman–Crippen MR) is 149 cm³/mol. The number of fused-ring (bicyclic) bond motifs is 1. The van der Waals surface area contributed by atoms with Crippen LogP contribution in [0.15, 0.2) is 78.9 Å². The SMILES string of the molecule is O=C1Nc2c(c(C3CCN(c4cccc(C(F)(F)F)n4)CC3)nn2C(c2ccccc2)c2ccccc2)[C@@H](C(F)(F)F)[C@H]1O. The van der Waals surface area contributed by atoms with Crippen molar-refractivity contribution in [3.8, 4) is 0 Å². The van der Waals surface area contributed by atoms with Crippen LogP contribution in [0, 0.1) is 0 Å². The summed E-state index contributed by atoms with van der Waals surface area (Å²) in [7, 11) is 0. The van der Waals surface area contributed by atoms with Crippen molar-refractivity contribution in [2.24, 2.45) is 0 Å². The molecule has 0 unspecified atom stereocenters. The summed E-state index contributed by atoms with van der Waals surface area (Å²) < 4.78 is 84.9. The molecule has 7 nitrogen and oxygen atoms in total. The van der Waals surface area contributed by atoms with E-state index in [1.165, 1.54) is 16.8 Å². The average molecular weight is 616 g/mol. The normalized spacial score (nSPS) is 19.6. The zero-order chi connectivity index (χ0) is 31.2. The molecule has 0 saturated carbocycles. The Morgan fingerprint density at radius 1 is 0.841 bits per heavy atom. The number of rotatable bonds is 5. The third kappa shape index (κ3) is 5.51. The molecule has 2 aromatic heterocycles. The molecule has 1 fully saturated rings. The van der Waals surface area contributed by atoms with Crippen LogP contribution in [-0.2, 0) is 11.0 Å². The van der Waals surface area contributed by atoms with Crippen molar-refractivity contribution in [3.05, 3.63) is 107 Å². The van der Waals surface area contributed by atoms with Gasteiger partial charge in [-0.2, -0.15) is 31.4 Å². The Morgan fingerprint density at radius 2 is 1.43 bits per heavy atom. The standard InChI is InChI=1S/C31H27F6N5O2/c32-30(33,34)21-12-7-13-22(38-21)41-16-14-18(15-17-41)25-23-24(31(35,36)37)27(43)29(44)39-28(23)42(40-25)26(19-8-3-1-4-9-19)20-10-5-2-6-11-20/h1-13,18,24,26-27,43H,14-17H2,(H,39,44)/t24-,27-/m1/s1. The molecule has 2 aliphatic rings. The van der Waals surface area contributed by atoms with Crippen molar-refractivity contribution < 1.29 is 36.2 Å². The van der Waals surface area contributed by atoms with Gasteiger partial charge in [0.2, 0.25) is 0 Å². The van der Waals surface area contributed by atoms with E-state index in [4.69, 9.17) is 5.10 Å². The molecule has 2 atom stereocenters. The Balaban J connectivity index is 1.44. The summed E-state index contributed by atoms with van der Waals surface area (Å²) >= 11 is 0. The minimum Gasteiger partial charge on any atom is -0.382 e. The van der Waals surface area contributed by atoms with Crippen molar-refractivity contribution in [1.82, 2.24) is 14.8 Å². The number of halogens is 6. The van der Waals surface area contributed by atoms with Gasteiger partial charge >= 0.3 is 12.4 Å². The van der Waals surface area contributed by atoms with Crippen LogP contribution in [0.2, 0.25) is 0 Å². The van der Waals surface area contributed by atoms with Crippen molar-refractivity contribution in [1.29, 1.82) is 0 Å². The maximum absolute atomic E-state index is 14.6. The van der Waals surface area contributed by atoms with Gasteiger partial charge in [0, 0.05) is 24.6 Å². The van der Waals surface area contributed by atoms with Crippen molar-refractivity contribution >= 4 is 17.5 Å². The van der Waals surface area contributed by atoms with Crippen LogP contribution in [0.25, 0.3) is 0 Å². The van der Waals surface area contributed by atoms with Crippen LogP contribution in [0.4, 0.5) is 38.0 Å². The van der Waals surface area contributed by atoms with Gasteiger partial charge in [-0.15, -0.1) is 0 Å². The number of carbonyl (C=O) groups excluding carboxylic acids is 1. The minimum absolute atomic E-state index is 0.0925. The Bertz CT molecular complexity index is 1590. The number of carbonyl (C=O) groups is 1. The smallest absolute Gasteiger partial charge is 0.382 e. The van der Waals surface area contributed by atoms with Crippen LogP contribution < -0.4 is 10.2 Å². The molecule has 1 amide bonds. The lowest BCUT2D eigenvalue weighted by Crippen LogP contribution is -2.45. The summed E-state index contributed by atoms with van der Waals surface area (Å²) in [6.07, 6.45) is -11.4. The van der Waals surface area contributed by atoms with Crippen molar-refractivity contribution in [2.75, 3.05) is 23.3 Å². The number of aromatic nitrogens is 3. The van der Waals surface area contributed by atoms with E-state index in [0.29, 0.717) is 11.1 Å². The molecule has 1 saturated heterocycles. The van der Waals surface area contributed by atoms with Gasteiger partial charge in [-0.05, 0) is 36.1 Å². The molecule has 0 radical (unpaired) electrons. The molecule has 44 heavy (non-hydrogen) atoms. The van der Waals surface area contributed by atoms with Gasteiger partial charge < -0.3 is 15.3 Å². The molecule has 0 aliphatic carbocycles. The largest absolute Gasteiger partial charge is 0.433 e. The number of aliphatic hydroxyl groups excluding tert-OH is 1. The Morgan fingerprint density at radius 3 is 1.98 bits per heavy atom. The first-order valence-corrected chi connectivity index (χ1v) is 14.0. The summed E-state index contributed by atoms with van der Waals surface area (Å²) in [4.78, 5) is 18.2. The fourth-order valence-corrected chi connectivity index (χ4v) is 6.11. The first-order chi connectivity index (χ1) is 20.9. The van der Waals surface area contributed by atoms with E-state index in [1.54, 1.807) is 41.3 Å². The first-order valence-electron chi connectivity index (χ1n) is 14.0. The highest BCUT2D eigenvalue weighted by atomic mass is 19.4. The summed E-state index contributed by atoms with van der Waals surface area (Å²) in [5, 5.41) is 17.8. The molecule has 0 spiro atoms. The van der Waals surface area contributed by atoms with Crippen molar-refractivity contribution in [3.63, 3.8) is 0 Å². The highest BCUT2D eigenvalue weighted by Gasteiger charge is 2.55. The van der Waals surface area contributed by atoms with E-state index in [0.717, 1.165) is 6.07 Å². The molecule has 2 N–H and O–H groups in total. The maximum Gasteiger partial charge on any atom is 0.433 e. The Hall–Kier alpha value is -4.39. The van der Waals surface area contributed by atoms with E-state index >= 15 is 0 Å². The number of alkyl halides is 6. The number of nitrogens with one attached hydrogen (secondary N) is 1. The summed E-state index contributed by atoms with van der Waals surface area (Å²) in [5.41, 5.74) is 0.192. The average Bonchev–Trinajstić information content (AvgIpc) is 3.35. The van der Waals surface area contributed by atoms with Gasteiger partial charge in [0.1, 0.15) is 35.4 Å². The van der Waals surface area contributed by atoms with Crippen molar-refractivity contribution in [2.45, 2.75) is 49.2 Å². The fourth-order valence-electron chi connectivity index (χ4n) is 6.11. The third-order valence-corrected chi connectivity index (χ3v) is 8.17. The molecular weight excluding hydrogens is 588 g/mol. The van der Waals surface area contributed by atoms with Gasteiger partial charge in [0.05, 0.1) is 5.69 Å². The molecule has 13 heteroatoms. The Kier molecular flexibility index (Phi) is 7.60. The summed E-state index contributed by atoms with van der Waals surface area (Å²) in [5.74, 6) is -4.25. The molecule has 2 aromatic carbocycles. The van der Waals surface area contributed by atoms with Gasteiger partial charge in [0.25, 0.3) is 5.91 Å². The lowest BCUT2D eigenvalue weighted by Gasteiger charge is -2.34. The minimum atomic E-state index is -4.97. The Labute approximate surface area is 248 Å². The molecule has 0 bridgehead atoms. The second-order valence-corrected chi connectivity index (χ2v) is 10.9. The number of pyridine rings is 1. The number of benzene rings is 2. The summed E-state index contributed by atoms with van der Waals surface area (Å²) in [6.45, 7) is 0.431. The number of amides is 1. The van der Waals surface area contributed by atoms with Gasteiger partial charge in [0.15, 0.2) is 0 Å². The molecule has 6 rings (SSSR count). The number of piperidine rings is 1. The highest BCUT2D eigenvalue weighted by Crippen LogP contribution is 2.49. The second kappa shape index (κ2) is 11.3. The number of aliphatic hydroxyl groups is 1. The lowest BCUT2D eigenvalue weighted by molar-refractivity contribution is -0.177. The number of hydrogen-bond acceptors (Lipinski definition) is 5. The molecule has 4 aromatic rings. The van der Waals surface area contributed by atoms with Gasteiger partial charge in [-0.1, -0.05) is 66.7 Å². The van der Waals surface area contributed by atoms with E-state index in [9.17, 15) is 36.2 Å². The van der Waals surface area contributed by atoms with E-state index < -0.39 is 47.9 Å². The topological polar surface area (TPSA) is 83.3 Å². The monoisotopic (exact) mass is 615 g/mol. The third-order valence-electron chi connectivity index (χ3n) is 8.17. The number of anilines is 2. The van der Waals surface area contributed by atoms with Crippen LogP contribution in [0.1, 0.15) is 58.8 Å². The second-order valence-electron chi connectivity index (χ2n) is 10.9. The molecular formula is C31H27F6N5O2. The van der Waals surface area contributed by atoms with E-state index in [2.05, 4.69) is 10.3 Å². The first kappa shape index (κ1) is 29.7. The maximum atomic E-state index is 14.6. The zero-order valence-electron chi connectivity index (χ0n) is 23.1. The van der Waals surface area contributed by atoms with Gasteiger partial charge in [-0.3, -0.25) is 4.79 Å².